The van der Waals surface area contributed by atoms with Gasteiger partial charge in [-0.3, -0.25) is 14.2 Å². The van der Waals surface area contributed by atoms with Gasteiger partial charge in [0.15, 0.2) is 0 Å². The van der Waals surface area contributed by atoms with Crippen LogP contribution in [0.3, 0.4) is 0 Å². The molecule has 2 aliphatic carbocycles. The van der Waals surface area contributed by atoms with E-state index < -0.39 is 0 Å². The van der Waals surface area contributed by atoms with E-state index >= 15 is 0 Å². The highest BCUT2D eigenvalue weighted by Crippen LogP contribution is 2.31. The molecule has 0 saturated heterocycles. The van der Waals surface area contributed by atoms with Gasteiger partial charge in [-0.2, -0.15) is 0 Å². The third kappa shape index (κ3) is 4.59. The van der Waals surface area contributed by atoms with Crippen LogP contribution in [0.15, 0.2) is 59.5 Å². The molecule has 0 atom stereocenters. The van der Waals surface area contributed by atoms with Crippen molar-refractivity contribution in [1.82, 2.24) is 14.5 Å². The van der Waals surface area contributed by atoms with Crippen LogP contribution in [0.25, 0.3) is 11.0 Å². The lowest BCUT2D eigenvalue weighted by atomic mass is 9.88. The van der Waals surface area contributed by atoms with Gasteiger partial charge in [-0.05, 0) is 49.4 Å². The number of fused-ring (bicyclic) bond motifs is 1. The summed E-state index contributed by atoms with van der Waals surface area (Å²) in [7, 11) is 0. The van der Waals surface area contributed by atoms with E-state index in [4.69, 9.17) is 0 Å². The molecule has 5 rings (SSSR count). The van der Waals surface area contributed by atoms with Gasteiger partial charge >= 0.3 is 0 Å². The summed E-state index contributed by atoms with van der Waals surface area (Å²) in [6.45, 7) is 0.404. The van der Waals surface area contributed by atoms with Crippen molar-refractivity contribution in [3.63, 3.8) is 0 Å². The highest BCUT2D eigenvalue weighted by molar-refractivity contribution is 5.97. The lowest BCUT2D eigenvalue weighted by molar-refractivity contribution is 0.0446. The van der Waals surface area contributed by atoms with Gasteiger partial charge in [0, 0.05) is 23.7 Å². The van der Waals surface area contributed by atoms with E-state index in [0.717, 1.165) is 36.6 Å². The van der Waals surface area contributed by atoms with Crippen molar-refractivity contribution >= 4 is 16.9 Å². The van der Waals surface area contributed by atoms with Crippen LogP contribution in [0.1, 0.15) is 80.1 Å². The molecular weight excluding hydrogens is 410 g/mol. The molecule has 3 aromatic rings. The first-order chi connectivity index (χ1) is 16.2. The minimum atomic E-state index is -0.230. The van der Waals surface area contributed by atoms with E-state index in [0.29, 0.717) is 17.8 Å². The van der Waals surface area contributed by atoms with Crippen LogP contribution < -0.4 is 5.56 Å². The first-order valence-corrected chi connectivity index (χ1v) is 12.6. The monoisotopic (exact) mass is 443 g/mol. The second-order valence-corrected chi connectivity index (χ2v) is 9.65. The fraction of sp³-hybridized carbons (Fsp3) is 0.464. The average molecular weight is 444 g/mol. The molecule has 0 N–H and O–H groups in total. The molecule has 0 unspecified atom stereocenters. The summed E-state index contributed by atoms with van der Waals surface area (Å²) in [5.41, 5.74) is 1.71. The van der Waals surface area contributed by atoms with Crippen molar-refractivity contribution in [3.05, 3.63) is 76.2 Å². The quantitative estimate of drug-likeness (QED) is 0.519. The molecule has 0 aliphatic heterocycles. The Bertz CT molecular complexity index is 1140. The molecule has 0 bridgehead atoms. The maximum absolute atomic E-state index is 14.1. The minimum Gasteiger partial charge on any atom is -0.333 e. The zero-order chi connectivity index (χ0) is 22.6. The molecule has 2 saturated carbocycles. The molecular formula is C28H33N3O2. The van der Waals surface area contributed by atoms with Crippen molar-refractivity contribution in [2.75, 3.05) is 0 Å². The second-order valence-electron chi connectivity index (χ2n) is 9.65. The number of pyridine rings is 2. The number of amides is 1. The molecule has 172 valence electrons. The maximum Gasteiger partial charge on any atom is 0.265 e. The summed E-state index contributed by atoms with van der Waals surface area (Å²) in [6, 6.07) is 16.0. The molecule has 2 fully saturated rings. The van der Waals surface area contributed by atoms with Gasteiger partial charge in [-0.25, -0.2) is 4.98 Å². The van der Waals surface area contributed by atoms with Crippen molar-refractivity contribution in [2.24, 2.45) is 0 Å². The maximum atomic E-state index is 14.1. The number of carbonyl (C=O) groups is 1. The van der Waals surface area contributed by atoms with E-state index in [9.17, 15) is 9.59 Å². The van der Waals surface area contributed by atoms with Gasteiger partial charge in [0.25, 0.3) is 11.5 Å². The van der Waals surface area contributed by atoms with Gasteiger partial charge in [-0.1, -0.05) is 68.9 Å². The lowest BCUT2D eigenvalue weighted by Gasteiger charge is -2.41. The Balaban J connectivity index is 1.59. The van der Waals surface area contributed by atoms with Crippen molar-refractivity contribution < 1.29 is 4.79 Å². The molecule has 1 aromatic carbocycles. The fourth-order valence-corrected chi connectivity index (χ4v) is 5.76. The highest BCUT2D eigenvalue weighted by atomic mass is 16.2. The summed E-state index contributed by atoms with van der Waals surface area (Å²) in [6.07, 6.45) is 13.1. The normalized spacial score (nSPS) is 17.8. The van der Waals surface area contributed by atoms with Gasteiger partial charge < -0.3 is 4.90 Å². The van der Waals surface area contributed by atoms with Crippen molar-refractivity contribution in [2.45, 2.75) is 82.8 Å². The number of benzene rings is 1. The Morgan fingerprint density at radius 1 is 0.879 bits per heavy atom. The number of aromatic nitrogens is 2. The zero-order valence-electron chi connectivity index (χ0n) is 19.3. The fourth-order valence-electron chi connectivity index (χ4n) is 5.76. The SMILES string of the molecule is O=C(c1cc2cccnc2n(Cc2ccccc2)c1=O)N(C1CCCCC1)C1CCCCC1. The summed E-state index contributed by atoms with van der Waals surface area (Å²) >= 11 is 0. The summed E-state index contributed by atoms with van der Waals surface area (Å²) < 4.78 is 1.68. The van der Waals surface area contributed by atoms with Crippen LogP contribution in [0.2, 0.25) is 0 Å². The number of carbonyl (C=O) groups excluding carboxylic acids is 1. The molecule has 1 amide bonds. The molecule has 2 heterocycles. The zero-order valence-corrected chi connectivity index (χ0v) is 19.3. The van der Waals surface area contributed by atoms with Crippen LogP contribution in [-0.4, -0.2) is 32.4 Å². The van der Waals surface area contributed by atoms with E-state index in [1.165, 1.54) is 38.5 Å². The smallest absolute Gasteiger partial charge is 0.265 e. The van der Waals surface area contributed by atoms with Crippen molar-refractivity contribution in [1.29, 1.82) is 0 Å². The third-order valence-corrected chi connectivity index (χ3v) is 7.43. The van der Waals surface area contributed by atoms with Crippen molar-refractivity contribution in [3.8, 4) is 0 Å². The topological polar surface area (TPSA) is 55.2 Å². The number of hydrogen-bond acceptors (Lipinski definition) is 3. The standard InChI is InChI=1S/C28H33N3O2/c32-27-25(28(33)31(23-14-6-2-7-15-23)24-16-8-3-9-17-24)19-22-13-10-18-29-26(22)30(27)20-21-11-4-1-5-12-21/h1,4-5,10-13,18-19,23-24H,2-3,6-9,14-17,20H2. The van der Waals surface area contributed by atoms with E-state index in [1.54, 1.807) is 16.8 Å². The van der Waals surface area contributed by atoms with E-state index in [-0.39, 0.29) is 23.6 Å². The van der Waals surface area contributed by atoms with E-state index in [2.05, 4.69) is 9.88 Å². The van der Waals surface area contributed by atoms with E-state index in [1.807, 2.05) is 42.5 Å². The number of hydrogen-bond donors (Lipinski definition) is 0. The summed E-state index contributed by atoms with van der Waals surface area (Å²) in [4.78, 5) is 34.5. The van der Waals surface area contributed by atoms with Gasteiger partial charge in [0.1, 0.15) is 11.2 Å². The van der Waals surface area contributed by atoms with Crippen LogP contribution in [-0.2, 0) is 6.54 Å². The molecule has 5 heteroatoms. The van der Waals surface area contributed by atoms with Crippen LogP contribution in [0, 0.1) is 0 Å². The van der Waals surface area contributed by atoms with Gasteiger partial charge in [0.2, 0.25) is 0 Å². The lowest BCUT2D eigenvalue weighted by Crippen LogP contribution is -2.50. The van der Waals surface area contributed by atoms with Crippen LogP contribution >= 0.6 is 0 Å². The molecule has 5 nitrogen and oxygen atoms in total. The first-order valence-electron chi connectivity index (χ1n) is 12.6. The highest BCUT2D eigenvalue weighted by Gasteiger charge is 2.34. The molecule has 2 aliphatic rings. The van der Waals surface area contributed by atoms with Gasteiger partial charge in [-0.15, -0.1) is 0 Å². The average Bonchev–Trinajstić information content (AvgIpc) is 2.87. The third-order valence-electron chi connectivity index (χ3n) is 7.43. The molecule has 33 heavy (non-hydrogen) atoms. The Labute approximate surface area is 195 Å². The Morgan fingerprint density at radius 2 is 1.52 bits per heavy atom. The number of nitrogens with zero attached hydrogens (tertiary/aromatic N) is 3. The first kappa shape index (κ1) is 21.9. The largest absolute Gasteiger partial charge is 0.333 e. The summed E-state index contributed by atoms with van der Waals surface area (Å²) in [5.74, 6) is -0.0774. The predicted molar refractivity (Wildman–Crippen MR) is 131 cm³/mol. The van der Waals surface area contributed by atoms with Crippen LogP contribution in [0.4, 0.5) is 0 Å². The minimum absolute atomic E-state index is 0.0774. The molecule has 0 spiro atoms. The Morgan fingerprint density at radius 3 is 2.15 bits per heavy atom. The summed E-state index contributed by atoms with van der Waals surface area (Å²) in [5, 5.41) is 0.837. The second kappa shape index (κ2) is 9.90. The number of rotatable bonds is 5. The molecule has 2 aromatic heterocycles. The Kier molecular flexibility index (Phi) is 6.56. The Hall–Kier alpha value is -2.95. The molecule has 0 radical (unpaired) electrons. The predicted octanol–water partition coefficient (Wildman–Crippen LogP) is 5.55. The van der Waals surface area contributed by atoms with Gasteiger partial charge in [0.05, 0.1) is 6.54 Å². The van der Waals surface area contributed by atoms with Crippen LogP contribution in [0.5, 0.6) is 0 Å².